The lowest BCUT2D eigenvalue weighted by atomic mass is 10.2. The van der Waals surface area contributed by atoms with Gasteiger partial charge in [-0.1, -0.05) is 0 Å². The molecule has 0 saturated carbocycles. The van der Waals surface area contributed by atoms with Gasteiger partial charge in [-0.3, -0.25) is 4.98 Å². The number of hydrazine groups is 1. The summed E-state index contributed by atoms with van der Waals surface area (Å²) in [6, 6.07) is 3.78. The second-order valence-electron chi connectivity index (χ2n) is 3.79. The highest BCUT2D eigenvalue weighted by molar-refractivity contribution is 9.10. The number of hydrogen-bond acceptors (Lipinski definition) is 6. The highest BCUT2D eigenvalue weighted by Gasteiger charge is 2.20. The van der Waals surface area contributed by atoms with Crippen LogP contribution in [0.4, 0.5) is 5.82 Å². The van der Waals surface area contributed by atoms with E-state index in [0.717, 1.165) is 32.9 Å². The molecule has 92 valence electrons. The number of fused-ring (bicyclic) bond motifs is 1. The Kier molecular flexibility index (Phi) is 3.19. The Balaban J connectivity index is 2.17. The zero-order chi connectivity index (χ0) is 12.5. The molecule has 2 aromatic rings. The average Bonchev–Trinajstić information content (AvgIpc) is 2.86. The summed E-state index contributed by atoms with van der Waals surface area (Å²) in [5.74, 6) is 8.61. The number of thioether (sulfide) groups is 1. The van der Waals surface area contributed by atoms with Gasteiger partial charge in [0.25, 0.3) is 0 Å². The van der Waals surface area contributed by atoms with Crippen molar-refractivity contribution in [1.82, 2.24) is 15.0 Å². The molecule has 0 amide bonds. The molecule has 0 fully saturated rings. The van der Waals surface area contributed by atoms with Crippen LogP contribution in [0.1, 0.15) is 11.3 Å². The fraction of sp³-hybridized carbons (Fsp3) is 0.182. The summed E-state index contributed by atoms with van der Waals surface area (Å²) in [4.78, 5) is 13.3. The summed E-state index contributed by atoms with van der Waals surface area (Å²) < 4.78 is 0.874. The Bertz CT molecular complexity index is 604. The third kappa shape index (κ3) is 1.98. The van der Waals surface area contributed by atoms with Crippen LogP contribution in [0.25, 0.3) is 11.5 Å². The Morgan fingerprint density at radius 2 is 2.22 bits per heavy atom. The normalized spacial score (nSPS) is 13.4. The molecule has 0 unspecified atom stereocenters. The minimum Gasteiger partial charge on any atom is -0.308 e. The van der Waals surface area contributed by atoms with E-state index in [1.54, 1.807) is 6.20 Å². The zero-order valence-corrected chi connectivity index (χ0v) is 11.8. The number of anilines is 1. The van der Waals surface area contributed by atoms with Gasteiger partial charge in [-0.05, 0) is 28.1 Å². The minimum absolute atomic E-state index is 0.594. The molecule has 0 saturated heterocycles. The van der Waals surface area contributed by atoms with Crippen molar-refractivity contribution in [2.75, 3.05) is 5.43 Å². The maximum absolute atomic E-state index is 5.53. The first-order valence-electron chi connectivity index (χ1n) is 5.34. The molecule has 0 atom stereocenters. The molecular weight excluding hydrogens is 314 g/mol. The smallest absolute Gasteiger partial charge is 0.181 e. The van der Waals surface area contributed by atoms with E-state index >= 15 is 0 Å². The second-order valence-corrected chi connectivity index (χ2v) is 5.63. The van der Waals surface area contributed by atoms with E-state index in [-0.39, 0.29) is 0 Å². The Morgan fingerprint density at radius 1 is 1.33 bits per heavy atom. The zero-order valence-electron chi connectivity index (χ0n) is 9.35. The number of hydrogen-bond donors (Lipinski definition) is 2. The summed E-state index contributed by atoms with van der Waals surface area (Å²) >= 11 is 5.27. The molecule has 0 bridgehead atoms. The van der Waals surface area contributed by atoms with Crippen molar-refractivity contribution in [1.29, 1.82) is 0 Å². The van der Waals surface area contributed by atoms with E-state index < -0.39 is 0 Å². The number of aromatic nitrogens is 3. The Labute approximate surface area is 117 Å². The summed E-state index contributed by atoms with van der Waals surface area (Å²) in [7, 11) is 0. The van der Waals surface area contributed by atoms with E-state index in [4.69, 9.17) is 5.84 Å². The lowest BCUT2D eigenvalue weighted by molar-refractivity contribution is 1.04. The first-order valence-corrected chi connectivity index (χ1v) is 7.29. The van der Waals surface area contributed by atoms with Gasteiger partial charge in [0.2, 0.25) is 0 Å². The lowest BCUT2D eigenvalue weighted by Crippen LogP contribution is -2.13. The van der Waals surface area contributed by atoms with E-state index in [9.17, 15) is 0 Å². The average molecular weight is 324 g/mol. The van der Waals surface area contributed by atoms with Crippen LogP contribution in [0.3, 0.4) is 0 Å². The molecule has 3 heterocycles. The van der Waals surface area contributed by atoms with Crippen LogP contribution >= 0.6 is 27.7 Å². The van der Waals surface area contributed by atoms with E-state index in [1.165, 1.54) is 0 Å². The predicted octanol–water partition coefficient (Wildman–Crippen LogP) is 2.33. The molecule has 3 rings (SSSR count). The molecule has 0 aromatic carbocycles. The monoisotopic (exact) mass is 323 g/mol. The van der Waals surface area contributed by atoms with Crippen molar-refractivity contribution in [3.05, 3.63) is 34.1 Å². The third-order valence-electron chi connectivity index (χ3n) is 2.68. The van der Waals surface area contributed by atoms with Gasteiger partial charge in [-0.25, -0.2) is 15.8 Å². The molecule has 1 aliphatic heterocycles. The quantitative estimate of drug-likeness (QED) is 0.652. The Morgan fingerprint density at radius 3 is 3.00 bits per heavy atom. The molecule has 1 aliphatic rings. The fourth-order valence-electron chi connectivity index (χ4n) is 1.83. The molecule has 0 aliphatic carbocycles. The second kappa shape index (κ2) is 4.83. The van der Waals surface area contributed by atoms with E-state index in [1.807, 2.05) is 23.9 Å². The maximum Gasteiger partial charge on any atom is 0.181 e. The van der Waals surface area contributed by atoms with Crippen LogP contribution < -0.4 is 11.3 Å². The van der Waals surface area contributed by atoms with Crippen LogP contribution in [0.2, 0.25) is 0 Å². The number of pyridine rings is 1. The van der Waals surface area contributed by atoms with Crippen molar-refractivity contribution in [3.63, 3.8) is 0 Å². The standard InChI is InChI=1S/C11H10BrN5S/c12-7-2-1-3-14-9(7)11-15-8-5-18-4-6(8)10(16-11)17-13/h1-3H,4-5,13H2,(H,15,16,17). The number of nitrogens with two attached hydrogens (primary N) is 1. The van der Waals surface area contributed by atoms with Crippen LogP contribution in [-0.2, 0) is 11.5 Å². The van der Waals surface area contributed by atoms with Crippen molar-refractivity contribution in [2.24, 2.45) is 5.84 Å². The van der Waals surface area contributed by atoms with Crippen LogP contribution in [0, 0.1) is 0 Å². The van der Waals surface area contributed by atoms with Gasteiger partial charge in [0.15, 0.2) is 5.82 Å². The van der Waals surface area contributed by atoms with Crippen LogP contribution in [0.15, 0.2) is 22.8 Å². The van der Waals surface area contributed by atoms with Crippen molar-refractivity contribution in [2.45, 2.75) is 11.5 Å². The first kappa shape index (κ1) is 11.9. The molecule has 5 nitrogen and oxygen atoms in total. The van der Waals surface area contributed by atoms with Gasteiger partial charge in [0.1, 0.15) is 11.5 Å². The highest BCUT2D eigenvalue weighted by atomic mass is 79.9. The predicted molar refractivity (Wildman–Crippen MR) is 75.8 cm³/mol. The summed E-state index contributed by atoms with van der Waals surface area (Å²) in [6.07, 6.45) is 1.72. The topological polar surface area (TPSA) is 76.7 Å². The number of nitrogens with one attached hydrogen (secondary N) is 1. The van der Waals surface area contributed by atoms with E-state index in [0.29, 0.717) is 11.6 Å². The van der Waals surface area contributed by atoms with Crippen molar-refractivity contribution >= 4 is 33.5 Å². The Hall–Kier alpha value is -1.18. The van der Waals surface area contributed by atoms with Gasteiger partial charge in [-0.2, -0.15) is 11.8 Å². The summed E-state index contributed by atoms with van der Waals surface area (Å²) in [5.41, 5.74) is 5.51. The van der Waals surface area contributed by atoms with Gasteiger partial charge in [0.05, 0.1) is 5.69 Å². The fourth-order valence-corrected chi connectivity index (χ4v) is 3.30. The van der Waals surface area contributed by atoms with Gasteiger partial charge < -0.3 is 5.43 Å². The number of halogens is 1. The number of nitrogens with zero attached hydrogens (tertiary/aromatic N) is 3. The third-order valence-corrected chi connectivity index (χ3v) is 4.30. The molecular formula is C11H10BrN5S. The molecule has 0 radical (unpaired) electrons. The van der Waals surface area contributed by atoms with Crippen molar-refractivity contribution < 1.29 is 0 Å². The number of nitrogen functional groups attached to an aromatic ring is 1. The molecule has 2 aromatic heterocycles. The minimum atomic E-state index is 0.594. The van der Waals surface area contributed by atoms with Gasteiger partial charge >= 0.3 is 0 Å². The molecule has 3 N–H and O–H groups in total. The van der Waals surface area contributed by atoms with E-state index in [2.05, 4.69) is 36.3 Å². The van der Waals surface area contributed by atoms with Crippen LogP contribution in [0.5, 0.6) is 0 Å². The molecule has 7 heteroatoms. The maximum atomic E-state index is 5.53. The SMILES string of the molecule is NNc1nc(-c2ncccc2Br)nc2c1CSC2. The lowest BCUT2D eigenvalue weighted by Gasteiger charge is -2.09. The molecule has 0 spiro atoms. The van der Waals surface area contributed by atoms with Crippen molar-refractivity contribution in [3.8, 4) is 11.5 Å². The first-order chi connectivity index (χ1) is 8.79. The summed E-state index contributed by atoms with van der Waals surface area (Å²) in [6.45, 7) is 0. The number of rotatable bonds is 2. The highest BCUT2D eigenvalue weighted by Crippen LogP contribution is 2.34. The molecule has 18 heavy (non-hydrogen) atoms. The van der Waals surface area contributed by atoms with Gasteiger partial charge in [-0.15, -0.1) is 0 Å². The summed E-state index contributed by atoms with van der Waals surface area (Å²) in [5, 5.41) is 0. The van der Waals surface area contributed by atoms with Gasteiger partial charge in [0, 0.05) is 27.7 Å². The largest absolute Gasteiger partial charge is 0.308 e. The van der Waals surface area contributed by atoms with Crippen LogP contribution in [-0.4, -0.2) is 15.0 Å².